The van der Waals surface area contributed by atoms with Gasteiger partial charge in [0.25, 0.3) is 5.91 Å². The largest absolute Gasteiger partial charge is 0.497 e. The van der Waals surface area contributed by atoms with E-state index in [2.05, 4.69) is 19.2 Å². The molecule has 0 spiro atoms. The van der Waals surface area contributed by atoms with Crippen molar-refractivity contribution in [2.75, 3.05) is 12.4 Å². The van der Waals surface area contributed by atoms with E-state index < -0.39 is 0 Å². The van der Waals surface area contributed by atoms with Gasteiger partial charge in [-0.05, 0) is 43.2 Å². The number of carbonyl (C=O) groups is 1. The van der Waals surface area contributed by atoms with Crippen LogP contribution in [0.5, 0.6) is 5.75 Å². The van der Waals surface area contributed by atoms with E-state index in [0.717, 1.165) is 23.6 Å². The molecule has 21 heavy (non-hydrogen) atoms. The molecule has 0 unspecified atom stereocenters. The molecule has 1 heterocycles. The summed E-state index contributed by atoms with van der Waals surface area (Å²) in [7, 11) is 1.61. The number of aryl methyl sites for hydroxylation is 1. The molecule has 0 aliphatic rings. The fourth-order valence-corrected chi connectivity index (χ4v) is 2.14. The minimum absolute atomic E-state index is 0.156. The quantitative estimate of drug-likeness (QED) is 0.902. The molecule has 0 aliphatic heterocycles. The molecule has 112 valence electrons. The predicted octanol–water partition coefficient (Wildman–Crippen LogP) is 4.05. The summed E-state index contributed by atoms with van der Waals surface area (Å²) in [4.78, 5) is 12.3. The van der Waals surface area contributed by atoms with Crippen molar-refractivity contribution in [3.05, 3.63) is 47.4 Å². The third-order valence-electron chi connectivity index (χ3n) is 3.17. The summed E-state index contributed by atoms with van der Waals surface area (Å²) < 4.78 is 10.7. The minimum atomic E-state index is -0.156. The molecule has 0 radical (unpaired) electrons. The summed E-state index contributed by atoms with van der Waals surface area (Å²) in [5.74, 6) is 2.59. The van der Waals surface area contributed by atoms with E-state index in [1.165, 1.54) is 0 Å². The van der Waals surface area contributed by atoms with Crippen LogP contribution in [0.3, 0.4) is 0 Å². The number of hydrogen-bond donors (Lipinski definition) is 1. The van der Waals surface area contributed by atoms with Crippen LogP contribution in [0.2, 0.25) is 0 Å². The highest BCUT2D eigenvalue weighted by Crippen LogP contribution is 2.20. The van der Waals surface area contributed by atoms with Gasteiger partial charge in [-0.3, -0.25) is 4.79 Å². The molecule has 0 saturated carbocycles. The standard InChI is InChI=1S/C17H21NO3/c1-11(2)9-15-10-16(12(3)21-15)17(19)18-13-5-7-14(20-4)8-6-13/h5-8,10-11H,9H2,1-4H3,(H,18,19). The van der Waals surface area contributed by atoms with E-state index in [0.29, 0.717) is 17.2 Å². The molecule has 4 heteroatoms. The van der Waals surface area contributed by atoms with Crippen LogP contribution in [0.25, 0.3) is 0 Å². The fourth-order valence-electron chi connectivity index (χ4n) is 2.14. The van der Waals surface area contributed by atoms with E-state index in [4.69, 9.17) is 9.15 Å². The van der Waals surface area contributed by atoms with Crippen LogP contribution in [-0.4, -0.2) is 13.0 Å². The molecule has 1 aromatic heterocycles. The Morgan fingerprint density at radius 2 is 1.95 bits per heavy atom. The van der Waals surface area contributed by atoms with Crippen LogP contribution >= 0.6 is 0 Å². The zero-order valence-electron chi connectivity index (χ0n) is 12.9. The highest BCUT2D eigenvalue weighted by Gasteiger charge is 2.15. The van der Waals surface area contributed by atoms with Crippen molar-refractivity contribution in [1.29, 1.82) is 0 Å². The maximum Gasteiger partial charge on any atom is 0.259 e. The third kappa shape index (κ3) is 3.88. The maximum absolute atomic E-state index is 12.3. The van der Waals surface area contributed by atoms with Gasteiger partial charge in [0.05, 0.1) is 12.7 Å². The van der Waals surface area contributed by atoms with Gasteiger partial charge in [0.2, 0.25) is 0 Å². The van der Waals surface area contributed by atoms with Crippen molar-refractivity contribution >= 4 is 11.6 Å². The van der Waals surface area contributed by atoms with Crippen LogP contribution < -0.4 is 10.1 Å². The molecule has 2 aromatic rings. The number of anilines is 1. The van der Waals surface area contributed by atoms with Gasteiger partial charge in [0, 0.05) is 12.1 Å². The Labute approximate surface area is 125 Å². The van der Waals surface area contributed by atoms with Crippen molar-refractivity contribution in [3.63, 3.8) is 0 Å². The van der Waals surface area contributed by atoms with E-state index in [9.17, 15) is 4.79 Å². The molecule has 0 atom stereocenters. The van der Waals surface area contributed by atoms with Crippen molar-refractivity contribution in [2.45, 2.75) is 27.2 Å². The first kappa shape index (κ1) is 15.2. The Balaban J connectivity index is 2.10. The fraction of sp³-hybridized carbons (Fsp3) is 0.353. The topological polar surface area (TPSA) is 51.5 Å². The summed E-state index contributed by atoms with van der Waals surface area (Å²) in [5, 5.41) is 2.86. The van der Waals surface area contributed by atoms with Gasteiger partial charge in [0.1, 0.15) is 17.3 Å². The maximum atomic E-state index is 12.3. The SMILES string of the molecule is COc1ccc(NC(=O)c2cc(CC(C)C)oc2C)cc1. The molecular formula is C17H21NO3. The van der Waals surface area contributed by atoms with Crippen molar-refractivity contribution < 1.29 is 13.9 Å². The number of nitrogens with one attached hydrogen (secondary N) is 1. The number of ether oxygens (including phenoxy) is 1. The van der Waals surface area contributed by atoms with Crippen molar-refractivity contribution in [2.24, 2.45) is 5.92 Å². The van der Waals surface area contributed by atoms with Crippen LogP contribution in [0.1, 0.15) is 35.7 Å². The average molecular weight is 287 g/mol. The lowest BCUT2D eigenvalue weighted by Gasteiger charge is -2.05. The van der Waals surface area contributed by atoms with Gasteiger partial charge >= 0.3 is 0 Å². The second kappa shape index (κ2) is 6.48. The number of carbonyl (C=O) groups excluding carboxylic acids is 1. The molecule has 1 amide bonds. The van der Waals surface area contributed by atoms with Gasteiger partial charge in [-0.25, -0.2) is 0 Å². The molecule has 0 fully saturated rings. The molecule has 4 nitrogen and oxygen atoms in total. The zero-order valence-corrected chi connectivity index (χ0v) is 12.9. The summed E-state index contributed by atoms with van der Waals surface area (Å²) in [6.07, 6.45) is 0.830. The molecule has 0 saturated heterocycles. The summed E-state index contributed by atoms with van der Waals surface area (Å²) >= 11 is 0. The van der Waals surface area contributed by atoms with Gasteiger partial charge in [-0.15, -0.1) is 0 Å². The van der Waals surface area contributed by atoms with Crippen molar-refractivity contribution in [1.82, 2.24) is 0 Å². The number of methoxy groups -OCH3 is 1. The Hall–Kier alpha value is -2.23. The van der Waals surface area contributed by atoms with Gasteiger partial charge in [-0.1, -0.05) is 13.8 Å². The first-order valence-electron chi connectivity index (χ1n) is 7.04. The predicted molar refractivity (Wildman–Crippen MR) is 82.9 cm³/mol. The van der Waals surface area contributed by atoms with Crippen LogP contribution in [0.4, 0.5) is 5.69 Å². The van der Waals surface area contributed by atoms with Gasteiger partial charge in [-0.2, -0.15) is 0 Å². The highest BCUT2D eigenvalue weighted by molar-refractivity contribution is 6.05. The Morgan fingerprint density at radius 1 is 1.29 bits per heavy atom. The second-order valence-electron chi connectivity index (χ2n) is 5.46. The normalized spacial score (nSPS) is 10.7. The third-order valence-corrected chi connectivity index (χ3v) is 3.17. The first-order valence-corrected chi connectivity index (χ1v) is 7.04. The van der Waals surface area contributed by atoms with Crippen LogP contribution in [0, 0.1) is 12.8 Å². The number of amides is 1. The molecule has 2 rings (SSSR count). The zero-order chi connectivity index (χ0) is 15.4. The summed E-state index contributed by atoms with van der Waals surface area (Å²) in [6.45, 7) is 6.05. The average Bonchev–Trinajstić information content (AvgIpc) is 2.79. The molecule has 1 N–H and O–H groups in total. The molecule has 0 aliphatic carbocycles. The number of furan rings is 1. The summed E-state index contributed by atoms with van der Waals surface area (Å²) in [5.41, 5.74) is 1.31. The van der Waals surface area contributed by atoms with E-state index >= 15 is 0 Å². The van der Waals surface area contributed by atoms with Crippen LogP contribution in [0.15, 0.2) is 34.7 Å². The van der Waals surface area contributed by atoms with Gasteiger partial charge < -0.3 is 14.5 Å². The Morgan fingerprint density at radius 3 is 2.52 bits per heavy atom. The first-order chi connectivity index (χ1) is 9.99. The summed E-state index contributed by atoms with van der Waals surface area (Å²) in [6, 6.07) is 9.06. The smallest absolute Gasteiger partial charge is 0.259 e. The number of benzene rings is 1. The Kier molecular flexibility index (Phi) is 4.68. The van der Waals surface area contributed by atoms with Crippen LogP contribution in [-0.2, 0) is 6.42 Å². The molecule has 1 aromatic carbocycles. The highest BCUT2D eigenvalue weighted by atomic mass is 16.5. The van der Waals surface area contributed by atoms with E-state index in [-0.39, 0.29) is 5.91 Å². The number of rotatable bonds is 5. The lowest BCUT2D eigenvalue weighted by atomic mass is 10.1. The monoisotopic (exact) mass is 287 g/mol. The lowest BCUT2D eigenvalue weighted by Crippen LogP contribution is -2.12. The lowest BCUT2D eigenvalue weighted by molar-refractivity contribution is 0.102. The van der Waals surface area contributed by atoms with Gasteiger partial charge in [0.15, 0.2) is 0 Å². The number of hydrogen-bond acceptors (Lipinski definition) is 3. The Bertz CT molecular complexity index is 611. The molecule has 0 bridgehead atoms. The van der Waals surface area contributed by atoms with E-state index in [1.807, 2.05) is 25.1 Å². The minimum Gasteiger partial charge on any atom is -0.497 e. The second-order valence-corrected chi connectivity index (χ2v) is 5.46. The van der Waals surface area contributed by atoms with Crippen molar-refractivity contribution in [3.8, 4) is 5.75 Å². The molecular weight excluding hydrogens is 266 g/mol. The van der Waals surface area contributed by atoms with E-state index in [1.54, 1.807) is 19.2 Å².